The third-order valence-corrected chi connectivity index (χ3v) is 4.83. The standard InChI is InChI=1S/C20H35NO2/c1-2-3-4-5-6-7-8-9-10-11-12-13-17-22-20(21)16-14-15-18-19(20)23-18/h14-16,19H,2-13,17,21H2,1H3. The lowest BCUT2D eigenvalue weighted by Gasteiger charge is -2.24. The van der Waals surface area contributed by atoms with Crippen LogP contribution in [0, 0.1) is 0 Å². The van der Waals surface area contributed by atoms with Crippen molar-refractivity contribution in [1.82, 2.24) is 0 Å². The lowest BCUT2D eigenvalue weighted by atomic mass is 10.0. The van der Waals surface area contributed by atoms with Crippen molar-refractivity contribution in [1.29, 1.82) is 0 Å². The van der Waals surface area contributed by atoms with Crippen molar-refractivity contribution in [3.05, 3.63) is 24.0 Å². The van der Waals surface area contributed by atoms with Gasteiger partial charge in [-0.1, -0.05) is 83.6 Å². The van der Waals surface area contributed by atoms with Crippen LogP contribution in [0.15, 0.2) is 24.0 Å². The van der Waals surface area contributed by atoms with Crippen molar-refractivity contribution in [3.8, 4) is 0 Å². The first kappa shape index (κ1) is 18.5. The van der Waals surface area contributed by atoms with Crippen LogP contribution >= 0.6 is 0 Å². The first-order valence-corrected chi connectivity index (χ1v) is 9.75. The molecule has 0 aromatic carbocycles. The summed E-state index contributed by atoms with van der Waals surface area (Å²) in [6, 6.07) is 0. The minimum atomic E-state index is -0.720. The number of unbranched alkanes of at least 4 members (excludes halogenated alkanes) is 11. The van der Waals surface area contributed by atoms with Crippen molar-refractivity contribution in [3.63, 3.8) is 0 Å². The van der Waals surface area contributed by atoms with E-state index in [1.54, 1.807) is 0 Å². The Morgan fingerprint density at radius 2 is 1.52 bits per heavy atom. The van der Waals surface area contributed by atoms with Gasteiger partial charge >= 0.3 is 0 Å². The van der Waals surface area contributed by atoms with Crippen molar-refractivity contribution in [2.24, 2.45) is 5.73 Å². The van der Waals surface area contributed by atoms with Crippen molar-refractivity contribution in [2.75, 3.05) is 6.61 Å². The highest BCUT2D eigenvalue weighted by Crippen LogP contribution is 2.39. The van der Waals surface area contributed by atoms with Gasteiger partial charge in [0, 0.05) is 6.61 Å². The second-order valence-electron chi connectivity index (χ2n) is 7.02. The van der Waals surface area contributed by atoms with Crippen LogP contribution < -0.4 is 5.73 Å². The Morgan fingerprint density at radius 3 is 2.13 bits per heavy atom. The number of rotatable bonds is 14. The first-order valence-electron chi connectivity index (χ1n) is 9.75. The van der Waals surface area contributed by atoms with E-state index in [1.807, 2.05) is 18.2 Å². The normalized spacial score (nSPS) is 25.0. The lowest BCUT2D eigenvalue weighted by Crippen LogP contribution is -2.47. The SMILES string of the molecule is CCCCCCCCCCCCCCOC1(N)C=CC=C2OC21. The molecule has 0 aromatic rings. The molecule has 132 valence electrons. The molecule has 1 aliphatic heterocycles. The molecule has 2 unspecified atom stereocenters. The Balaban J connectivity index is 1.34. The van der Waals surface area contributed by atoms with Gasteiger partial charge in [0.15, 0.2) is 5.72 Å². The fourth-order valence-electron chi connectivity index (χ4n) is 3.24. The van der Waals surface area contributed by atoms with E-state index in [9.17, 15) is 0 Å². The van der Waals surface area contributed by atoms with Crippen LogP contribution in [0.25, 0.3) is 0 Å². The largest absolute Gasteiger partial charge is 0.478 e. The van der Waals surface area contributed by atoms with Gasteiger partial charge in [-0.15, -0.1) is 0 Å². The maximum atomic E-state index is 6.21. The molecular formula is C20H35NO2. The van der Waals surface area contributed by atoms with E-state index in [1.165, 1.54) is 70.6 Å². The predicted molar refractivity (Wildman–Crippen MR) is 96.0 cm³/mol. The Bertz CT molecular complexity index is 391. The zero-order valence-corrected chi connectivity index (χ0v) is 14.9. The molecule has 3 heteroatoms. The smallest absolute Gasteiger partial charge is 0.201 e. The zero-order valence-electron chi connectivity index (χ0n) is 14.9. The molecule has 1 heterocycles. The summed E-state index contributed by atoms with van der Waals surface area (Å²) in [5.41, 5.74) is 5.49. The summed E-state index contributed by atoms with van der Waals surface area (Å²) in [5, 5.41) is 0. The van der Waals surface area contributed by atoms with E-state index < -0.39 is 5.72 Å². The number of ether oxygens (including phenoxy) is 2. The summed E-state index contributed by atoms with van der Waals surface area (Å²) < 4.78 is 11.2. The highest BCUT2D eigenvalue weighted by Gasteiger charge is 2.51. The highest BCUT2D eigenvalue weighted by atomic mass is 16.6. The number of epoxide rings is 1. The number of allylic oxidation sites excluding steroid dienone is 2. The van der Waals surface area contributed by atoms with Crippen molar-refractivity contribution in [2.45, 2.75) is 95.8 Å². The van der Waals surface area contributed by atoms with Gasteiger partial charge in [0.25, 0.3) is 0 Å². The average Bonchev–Trinajstić information content (AvgIpc) is 3.33. The minimum Gasteiger partial charge on any atom is -0.478 e. The topological polar surface area (TPSA) is 47.8 Å². The van der Waals surface area contributed by atoms with Crippen LogP contribution in [-0.4, -0.2) is 18.4 Å². The van der Waals surface area contributed by atoms with Crippen molar-refractivity contribution >= 4 is 0 Å². The number of hydrogen-bond donors (Lipinski definition) is 1. The molecule has 23 heavy (non-hydrogen) atoms. The summed E-state index contributed by atoms with van der Waals surface area (Å²) in [4.78, 5) is 0. The van der Waals surface area contributed by atoms with E-state index in [0.29, 0.717) is 0 Å². The molecule has 0 bridgehead atoms. The fourth-order valence-corrected chi connectivity index (χ4v) is 3.24. The number of hydrogen-bond acceptors (Lipinski definition) is 3. The Kier molecular flexibility index (Phi) is 8.18. The summed E-state index contributed by atoms with van der Waals surface area (Å²) in [6.45, 7) is 3.00. The summed E-state index contributed by atoms with van der Waals surface area (Å²) in [6.07, 6.45) is 22.0. The highest BCUT2D eigenvalue weighted by molar-refractivity contribution is 5.34. The van der Waals surface area contributed by atoms with Crippen molar-refractivity contribution < 1.29 is 9.47 Å². The second kappa shape index (κ2) is 10.1. The van der Waals surface area contributed by atoms with Gasteiger partial charge in [0.05, 0.1) is 0 Å². The third kappa shape index (κ3) is 6.68. The summed E-state index contributed by atoms with van der Waals surface area (Å²) in [5.74, 6) is 0.963. The van der Waals surface area contributed by atoms with Crippen LogP contribution in [0.1, 0.15) is 84.0 Å². The van der Waals surface area contributed by atoms with Crippen LogP contribution in [0.4, 0.5) is 0 Å². The van der Waals surface area contributed by atoms with E-state index in [2.05, 4.69) is 6.92 Å². The molecule has 2 rings (SSSR count). The molecule has 0 radical (unpaired) electrons. The Labute approximate surface area is 142 Å². The fraction of sp³-hybridized carbons (Fsp3) is 0.800. The molecule has 2 N–H and O–H groups in total. The second-order valence-corrected chi connectivity index (χ2v) is 7.02. The molecular weight excluding hydrogens is 286 g/mol. The van der Waals surface area contributed by atoms with Gasteiger partial charge in [-0.3, -0.25) is 5.73 Å². The molecule has 2 aliphatic rings. The van der Waals surface area contributed by atoms with E-state index in [-0.39, 0.29) is 6.10 Å². The zero-order chi connectivity index (χ0) is 16.4. The monoisotopic (exact) mass is 321 g/mol. The van der Waals surface area contributed by atoms with Gasteiger partial charge in [0.1, 0.15) is 5.76 Å². The Hall–Kier alpha value is -0.800. The van der Waals surface area contributed by atoms with Gasteiger partial charge in [-0.25, -0.2) is 0 Å². The molecule has 1 fully saturated rings. The summed E-state index contributed by atoms with van der Waals surface area (Å²) >= 11 is 0. The lowest BCUT2D eigenvalue weighted by molar-refractivity contribution is -0.0249. The average molecular weight is 322 g/mol. The molecule has 0 spiro atoms. The van der Waals surface area contributed by atoms with Gasteiger partial charge < -0.3 is 9.47 Å². The number of fused-ring (bicyclic) bond motifs is 1. The van der Waals surface area contributed by atoms with Crippen LogP contribution in [0.3, 0.4) is 0 Å². The third-order valence-electron chi connectivity index (χ3n) is 4.83. The van der Waals surface area contributed by atoms with Gasteiger partial charge in [-0.2, -0.15) is 0 Å². The number of nitrogens with two attached hydrogens (primary N) is 1. The quantitative estimate of drug-likeness (QED) is 0.271. The van der Waals surface area contributed by atoms with Crippen LogP contribution in [0.2, 0.25) is 0 Å². The predicted octanol–water partition coefficient (Wildman–Crippen LogP) is 5.21. The molecule has 0 amide bonds. The summed E-state index contributed by atoms with van der Waals surface area (Å²) in [7, 11) is 0. The van der Waals surface area contributed by atoms with E-state index >= 15 is 0 Å². The Morgan fingerprint density at radius 1 is 0.957 bits per heavy atom. The first-order chi connectivity index (χ1) is 11.3. The van der Waals surface area contributed by atoms with Gasteiger partial charge in [0.2, 0.25) is 6.10 Å². The molecule has 0 aromatic heterocycles. The minimum absolute atomic E-state index is 0.0372. The van der Waals surface area contributed by atoms with Gasteiger partial charge in [-0.05, 0) is 18.6 Å². The van der Waals surface area contributed by atoms with E-state index in [0.717, 1.165) is 18.8 Å². The molecule has 2 atom stereocenters. The maximum absolute atomic E-state index is 6.21. The molecule has 3 nitrogen and oxygen atoms in total. The maximum Gasteiger partial charge on any atom is 0.201 e. The van der Waals surface area contributed by atoms with Crippen LogP contribution in [0.5, 0.6) is 0 Å². The van der Waals surface area contributed by atoms with E-state index in [4.69, 9.17) is 15.2 Å². The molecule has 0 saturated carbocycles. The molecule has 1 saturated heterocycles. The molecule has 1 aliphatic carbocycles. The van der Waals surface area contributed by atoms with Crippen LogP contribution in [-0.2, 0) is 9.47 Å².